The van der Waals surface area contributed by atoms with Gasteiger partial charge in [-0.05, 0) is 24.6 Å². The minimum atomic E-state index is -0.149. The molecule has 0 aliphatic heterocycles. The standard InChI is InChI=1S/C18H17N3O2/c1-13(14-8-4-2-5-9-14)19-16(22)12-17-20-21-18(23-17)15-10-6-3-7-11-15/h2-11,13H,12H2,1H3,(H,19,22)/t13-/m0/s1. The molecule has 0 saturated carbocycles. The van der Waals surface area contributed by atoms with Gasteiger partial charge in [0.1, 0.15) is 6.42 Å². The lowest BCUT2D eigenvalue weighted by molar-refractivity contribution is -0.121. The molecule has 0 unspecified atom stereocenters. The highest BCUT2D eigenvalue weighted by atomic mass is 16.4. The Morgan fingerprint density at radius 3 is 2.39 bits per heavy atom. The van der Waals surface area contributed by atoms with E-state index in [0.717, 1.165) is 11.1 Å². The van der Waals surface area contributed by atoms with Crippen molar-refractivity contribution in [1.82, 2.24) is 15.5 Å². The normalized spacial score (nSPS) is 11.9. The molecule has 0 radical (unpaired) electrons. The average Bonchev–Trinajstić information content (AvgIpc) is 3.04. The topological polar surface area (TPSA) is 68.0 Å². The number of carbonyl (C=O) groups excluding carboxylic acids is 1. The molecule has 0 fully saturated rings. The van der Waals surface area contributed by atoms with Gasteiger partial charge in [0, 0.05) is 5.56 Å². The van der Waals surface area contributed by atoms with Crippen LogP contribution in [0.15, 0.2) is 65.1 Å². The zero-order valence-electron chi connectivity index (χ0n) is 12.8. The summed E-state index contributed by atoms with van der Waals surface area (Å²) >= 11 is 0. The zero-order valence-corrected chi connectivity index (χ0v) is 12.8. The summed E-state index contributed by atoms with van der Waals surface area (Å²) in [7, 11) is 0. The second-order valence-electron chi connectivity index (χ2n) is 5.24. The van der Waals surface area contributed by atoms with Gasteiger partial charge in [-0.1, -0.05) is 48.5 Å². The van der Waals surface area contributed by atoms with E-state index in [0.29, 0.717) is 11.8 Å². The number of amides is 1. The smallest absolute Gasteiger partial charge is 0.247 e. The summed E-state index contributed by atoms with van der Waals surface area (Å²) in [4.78, 5) is 12.1. The first-order valence-corrected chi connectivity index (χ1v) is 7.44. The maximum Gasteiger partial charge on any atom is 0.247 e. The molecule has 1 heterocycles. The van der Waals surface area contributed by atoms with E-state index in [1.54, 1.807) is 0 Å². The van der Waals surface area contributed by atoms with E-state index in [-0.39, 0.29) is 18.4 Å². The fourth-order valence-corrected chi connectivity index (χ4v) is 2.28. The third kappa shape index (κ3) is 3.83. The first-order chi connectivity index (χ1) is 11.2. The van der Waals surface area contributed by atoms with Gasteiger partial charge < -0.3 is 9.73 Å². The molecule has 0 spiro atoms. The third-order valence-electron chi connectivity index (χ3n) is 3.48. The van der Waals surface area contributed by atoms with Crippen molar-refractivity contribution in [2.45, 2.75) is 19.4 Å². The maximum atomic E-state index is 12.1. The summed E-state index contributed by atoms with van der Waals surface area (Å²) in [5, 5.41) is 10.8. The molecule has 5 nitrogen and oxygen atoms in total. The molecule has 1 aromatic heterocycles. The monoisotopic (exact) mass is 307 g/mol. The molecule has 0 saturated heterocycles. The highest BCUT2D eigenvalue weighted by molar-refractivity contribution is 5.78. The molecule has 0 bridgehead atoms. The van der Waals surface area contributed by atoms with Crippen molar-refractivity contribution in [3.63, 3.8) is 0 Å². The van der Waals surface area contributed by atoms with Crippen LogP contribution < -0.4 is 5.32 Å². The molecular formula is C18H17N3O2. The first-order valence-electron chi connectivity index (χ1n) is 7.44. The van der Waals surface area contributed by atoms with Crippen molar-refractivity contribution in [3.05, 3.63) is 72.1 Å². The lowest BCUT2D eigenvalue weighted by atomic mass is 10.1. The predicted molar refractivity (Wildman–Crippen MR) is 86.4 cm³/mol. The van der Waals surface area contributed by atoms with Crippen LogP contribution in [0.2, 0.25) is 0 Å². The number of nitrogens with one attached hydrogen (secondary N) is 1. The van der Waals surface area contributed by atoms with Crippen molar-refractivity contribution in [3.8, 4) is 11.5 Å². The lowest BCUT2D eigenvalue weighted by Crippen LogP contribution is -2.28. The van der Waals surface area contributed by atoms with Crippen LogP contribution in [-0.4, -0.2) is 16.1 Å². The number of benzene rings is 2. The van der Waals surface area contributed by atoms with Crippen molar-refractivity contribution in [2.24, 2.45) is 0 Å². The van der Waals surface area contributed by atoms with E-state index >= 15 is 0 Å². The lowest BCUT2D eigenvalue weighted by Gasteiger charge is -2.13. The van der Waals surface area contributed by atoms with E-state index in [4.69, 9.17) is 4.42 Å². The van der Waals surface area contributed by atoms with E-state index in [2.05, 4.69) is 15.5 Å². The SMILES string of the molecule is C[C@H](NC(=O)Cc1nnc(-c2ccccc2)o1)c1ccccc1. The molecule has 5 heteroatoms. The van der Waals surface area contributed by atoms with Gasteiger partial charge in [0.25, 0.3) is 0 Å². The Kier molecular flexibility index (Phi) is 4.47. The molecule has 2 aromatic carbocycles. The second kappa shape index (κ2) is 6.87. The molecule has 0 aliphatic carbocycles. The predicted octanol–water partition coefficient (Wildman–Crippen LogP) is 3.16. The number of carbonyl (C=O) groups is 1. The molecule has 116 valence electrons. The Bertz CT molecular complexity index is 769. The number of hydrogen-bond donors (Lipinski definition) is 1. The Labute approximate surface area is 134 Å². The Morgan fingerprint density at radius 1 is 1.04 bits per heavy atom. The van der Waals surface area contributed by atoms with Crippen molar-refractivity contribution >= 4 is 5.91 Å². The quantitative estimate of drug-likeness (QED) is 0.786. The van der Waals surface area contributed by atoms with Crippen molar-refractivity contribution in [1.29, 1.82) is 0 Å². The largest absolute Gasteiger partial charge is 0.420 e. The fraction of sp³-hybridized carbons (Fsp3) is 0.167. The number of aromatic nitrogens is 2. The average molecular weight is 307 g/mol. The minimum Gasteiger partial charge on any atom is -0.420 e. The molecule has 1 N–H and O–H groups in total. The fourth-order valence-electron chi connectivity index (χ4n) is 2.28. The number of rotatable bonds is 5. The van der Waals surface area contributed by atoms with Crippen LogP contribution in [0.4, 0.5) is 0 Å². The summed E-state index contributed by atoms with van der Waals surface area (Å²) < 4.78 is 5.54. The maximum absolute atomic E-state index is 12.1. The summed E-state index contributed by atoms with van der Waals surface area (Å²) in [6, 6.07) is 19.2. The number of hydrogen-bond acceptors (Lipinski definition) is 4. The Morgan fingerprint density at radius 2 is 1.70 bits per heavy atom. The molecule has 1 amide bonds. The van der Waals surface area contributed by atoms with Gasteiger partial charge in [-0.15, -0.1) is 10.2 Å². The van der Waals surface area contributed by atoms with Gasteiger partial charge in [-0.3, -0.25) is 4.79 Å². The van der Waals surface area contributed by atoms with Crippen LogP contribution >= 0.6 is 0 Å². The second-order valence-corrected chi connectivity index (χ2v) is 5.24. The van der Waals surface area contributed by atoms with Crippen LogP contribution in [0.25, 0.3) is 11.5 Å². The van der Waals surface area contributed by atoms with E-state index < -0.39 is 0 Å². The van der Waals surface area contributed by atoms with E-state index in [1.165, 1.54) is 0 Å². The van der Waals surface area contributed by atoms with Crippen molar-refractivity contribution in [2.75, 3.05) is 0 Å². The zero-order chi connectivity index (χ0) is 16.1. The van der Waals surface area contributed by atoms with E-state index in [9.17, 15) is 4.79 Å². The minimum absolute atomic E-state index is 0.0665. The van der Waals surface area contributed by atoms with Crippen LogP contribution in [0, 0.1) is 0 Å². The molecular weight excluding hydrogens is 290 g/mol. The van der Waals surface area contributed by atoms with Gasteiger partial charge in [0.05, 0.1) is 6.04 Å². The van der Waals surface area contributed by atoms with E-state index in [1.807, 2.05) is 67.6 Å². The van der Waals surface area contributed by atoms with Crippen LogP contribution in [0.5, 0.6) is 0 Å². The number of nitrogens with zero attached hydrogens (tertiary/aromatic N) is 2. The van der Waals surface area contributed by atoms with Crippen molar-refractivity contribution < 1.29 is 9.21 Å². The van der Waals surface area contributed by atoms with Gasteiger partial charge in [-0.25, -0.2) is 0 Å². The summed E-state index contributed by atoms with van der Waals surface area (Å²) in [6.07, 6.45) is 0.0665. The van der Waals surface area contributed by atoms with Crippen LogP contribution in [0.1, 0.15) is 24.4 Å². The van der Waals surface area contributed by atoms with Gasteiger partial charge in [0.15, 0.2) is 0 Å². The van der Waals surface area contributed by atoms with Gasteiger partial charge in [-0.2, -0.15) is 0 Å². The van der Waals surface area contributed by atoms with Crippen LogP contribution in [-0.2, 0) is 11.2 Å². The molecule has 23 heavy (non-hydrogen) atoms. The highest BCUT2D eigenvalue weighted by Crippen LogP contribution is 2.17. The third-order valence-corrected chi connectivity index (χ3v) is 3.48. The molecule has 3 aromatic rings. The summed E-state index contributed by atoms with van der Waals surface area (Å²) in [5.41, 5.74) is 1.89. The molecule has 3 rings (SSSR count). The first kappa shape index (κ1) is 15.0. The Hall–Kier alpha value is -2.95. The molecule has 1 atom stereocenters. The van der Waals surface area contributed by atoms with Gasteiger partial charge in [0.2, 0.25) is 17.7 Å². The summed E-state index contributed by atoms with van der Waals surface area (Å²) in [6.45, 7) is 1.94. The molecule has 0 aliphatic rings. The van der Waals surface area contributed by atoms with Gasteiger partial charge >= 0.3 is 0 Å². The summed E-state index contributed by atoms with van der Waals surface area (Å²) in [5.74, 6) is 0.579. The van der Waals surface area contributed by atoms with Crippen LogP contribution in [0.3, 0.4) is 0 Å². The Balaban J connectivity index is 1.61. The highest BCUT2D eigenvalue weighted by Gasteiger charge is 2.14.